The average Bonchev–Trinajstić information content (AvgIpc) is 3.19. The number of rotatable bonds is 5. The maximum absolute atomic E-state index is 13.3. The molecule has 32 heavy (non-hydrogen) atoms. The van der Waals surface area contributed by atoms with Crippen molar-refractivity contribution in [3.8, 4) is 11.4 Å². The molecule has 0 N–H and O–H groups in total. The number of carbonyl (C=O) groups is 2. The molecule has 164 valence electrons. The van der Waals surface area contributed by atoms with E-state index in [2.05, 4.69) is 4.57 Å². The minimum absolute atomic E-state index is 0.00997. The summed E-state index contributed by atoms with van der Waals surface area (Å²) in [6, 6.07) is 13.6. The number of ether oxygens (including phenoxy) is 1. The van der Waals surface area contributed by atoms with Gasteiger partial charge in [-0.25, -0.2) is 4.39 Å². The van der Waals surface area contributed by atoms with Gasteiger partial charge in [-0.2, -0.15) is 0 Å². The van der Waals surface area contributed by atoms with Crippen LogP contribution in [0.5, 0.6) is 5.75 Å². The molecule has 2 amide bonds. The summed E-state index contributed by atoms with van der Waals surface area (Å²) < 4.78 is 20.7. The molecule has 1 saturated heterocycles. The van der Waals surface area contributed by atoms with Crippen molar-refractivity contribution in [3.05, 3.63) is 86.8 Å². The SMILES string of the molecule is COc1cccc(-n2c(C)cc(/C=C3\SC(=O)N(Cc4ccc(F)cc4Cl)C3=O)c2C)c1. The normalized spacial score (nSPS) is 15.2. The van der Waals surface area contributed by atoms with E-state index >= 15 is 0 Å². The number of imide groups is 1. The van der Waals surface area contributed by atoms with Crippen LogP contribution in [-0.4, -0.2) is 27.7 Å². The predicted molar refractivity (Wildman–Crippen MR) is 125 cm³/mol. The van der Waals surface area contributed by atoms with Crippen LogP contribution in [0.15, 0.2) is 53.4 Å². The first-order valence-electron chi connectivity index (χ1n) is 9.81. The Morgan fingerprint density at radius 1 is 1.12 bits per heavy atom. The Hall–Kier alpha value is -3.03. The van der Waals surface area contributed by atoms with E-state index in [4.69, 9.17) is 16.3 Å². The lowest BCUT2D eigenvalue weighted by atomic mass is 10.2. The predicted octanol–water partition coefficient (Wildman–Crippen LogP) is 6.13. The number of nitrogens with zero attached hydrogens (tertiary/aromatic N) is 2. The molecule has 2 aromatic carbocycles. The number of hydrogen-bond acceptors (Lipinski definition) is 4. The van der Waals surface area contributed by atoms with Gasteiger partial charge in [0.15, 0.2) is 0 Å². The number of aromatic nitrogens is 1. The summed E-state index contributed by atoms with van der Waals surface area (Å²) in [6.07, 6.45) is 1.73. The fraction of sp³-hybridized carbons (Fsp3) is 0.167. The fourth-order valence-corrected chi connectivity index (χ4v) is 4.73. The Balaban J connectivity index is 1.63. The van der Waals surface area contributed by atoms with Gasteiger partial charge in [-0.05, 0) is 73.1 Å². The van der Waals surface area contributed by atoms with Gasteiger partial charge in [0, 0.05) is 28.2 Å². The van der Waals surface area contributed by atoms with Gasteiger partial charge in [-0.1, -0.05) is 23.7 Å². The summed E-state index contributed by atoms with van der Waals surface area (Å²) in [7, 11) is 1.62. The van der Waals surface area contributed by atoms with Gasteiger partial charge < -0.3 is 9.30 Å². The second-order valence-electron chi connectivity index (χ2n) is 7.37. The van der Waals surface area contributed by atoms with Crippen molar-refractivity contribution in [1.29, 1.82) is 0 Å². The Morgan fingerprint density at radius 2 is 1.91 bits per heavy atom. The topological polar surface area (TPSA) is 51.5 Å². The van der Waals surface area contributed by atoms with Crippen LogP contribution in [0.3, 0.4) is 0 Å². The van der Waals surface area contributed by atoms with Crippen LogP contribution in [0.1, 0.15) is 22.5 Å². The zero-order valence-electron chi connectivity index (χ0n) is 17.7. The van der Waals surface area contributed by atoms with E-state index in [0.717, 1.165) is 45.1 Å². The average molecular weight is 471 g/mol. The second-order valence-corrected chi connectivity index (χ2v) is 8.77. The van der Waals surface area contributed by atoms with Crippen LogP contribution in [0.25, 0.3) is 11.8 Å². The Morgan fingerprint density at radius 3 is 2.62 bits per heavy atom. The van der Waals surface area contributed by atoms with Crippen LogP contribution in [0, 0.1) is 19.7 Å². The maximum Gasteiger partial charge on any atom is 0.293 e. The van der Waals surface area contributed by atoms with Crippen LogP contribution >= 0.6 is 23.4 Å². The molecule has 0 radical (unpaired) electrons. The van der Waals surface area contributed by atoms with Crippen molar-refractivity contribution in [2.24, 2.45) is 0 Å². The molecular formula is C24H20ClFN2O3S. The molecule has 0 saturated carbocycles. The molecule has 1 aromatic heterocycles. The van der Waals surface area contributed by atoms with Crippen LogP contribution in [0.2, 0.25) is 5.02 Å². The first-order chi connectivity index (χ1) is 15.3. The number of amides is 2. The molecule has 4 rings (SSSR count). The maximum atomic E-state index is 13.3. The molecule has 0 spiro atoms. The highest BCUT2D eigenvalue weighted by atomic mass is 35.5. The first kappa shape index (κ1) is 22.2. The molecule has 2 heterocycles. The van der Waals surface area contributed by atoms with E-state index in [-0.39, 0.29) is 16.8 Å². The Bertz CT molecular complexity index is 1270. The minimum Gasteiger partial charge on any atom is -0.497 e. The van der Waals surface area contributed by atoms with E-state index in [9.17, 15) is 14.0 Å². The van der Waals surface area contributed by atoms with Gasteiger partial charge in [0.1, 0.15) is 11.6 Å². The third-order valence-electron chi connectivity index (χ3n) is 5.29. The van der Waals surface area contributed by atoms with E-state index in [1.165, 1.54) is 18.2 Å². The minimum atomic E-state index is -0.473. The van der Waals surface area contributed by atoms with Crippen LogP contribution < -0.4 is 4.74 Å². The van der Waals surface area contributed by atoms with Gasteiger partial charge in [0.05, 0.1) is 18.6 Å². The largest absolute Gasteiger partial charge is 0.497 e. The number of benzene rings is 2. The lowest BCUT2D eigenvalue weighted by Crippen LogP contribution is -2.27. The summed E-state index contributed by atoms with van der Waals surface area (Å²) in [5, 5.41) is -0.210. The lowest BCUT2D eigenvalue weighted by molar-refractivity contribution is -0.123. The summed E-state index contributed by atoms with van der Waals surface area (Å²) in [5.41, 5.74) is 4.21. The summed E-state index contributed by atoms with van der Waals surface area (Å²) in [5.74, 6) is -0.122. The molecule has 0 unspecified atom stereocenters. The number of halogens is 2. The second kappa shape index (κ2) is 8.84. The van der Waals surface area contributed by atoms with Crippen molar-refractivity contribution >= 4 is 40.6 Å². The molecule has 1 aliphatic heterocycles. The number of thioether (sulfide) groups is 1. The highest BCUT2D eigenvalue weighted by Crippen LogP contribution is 2.35. The summed E-state index contributed by atoms with van der Waals surface area (Å²) >= 11 is 6.95. The van der Waals surface area contributed by atoms with Gasteiger partial charge >= 0.3 is 0 Å². The van der Waals surface area contributed by atoms with E-state index in [1.807, 2.05) is 44.2 Å². The quantitative estimate of drug-likeness (QED) is 0.421. The third-order valence-corrected chi connectivity index (χ3v) is 6.54. The highest BCUT2D eigenvalue weighted by Gasteiger charge is 2.35. The van der Waals surface area contributed by atoms with E-state index in [1.54, 1.807) is 13.2 Å². The number of hydrogen-bond donors (Lipinski definition) is 0. The summed E-state index contributed by atoms with van der Waals surface area (Å²) in [4.78, 5) is 26.9. The Kier molecular flexibility index (Phi) is 6.13. The fourth-order valence-electron chi connectivity index (χ4n) is 3.68. The van der Waals surface area contributed by atoms with Gasteiger partial charge in [-0.15, -0.1) is 0 Å². The van der Waals surface area contributed by atoms with Crippen molar-refractivity contribution in [2.75, 3.05) is 7.11 Å². The molecule has 0 atom stereocenters. The molecular weight excluding hydrogens is 451 g/mol. The van der Waals surface area contributed by atoms with Crippen LogP contribution in [-0.2, 0) is 11.3 Å². The van der Waals surface area contributed by atoms with Crippen molar-refractivity contribution in [2.45, 2.75) is 20.4 Å². The number of aryl methyl sites for hydroxylation is 1. The smallest absolute Gasteiger partial charge is 0.293 e. The van der Waals surface area contributed by atoms with Gasteiger partial charge in [-0.3, -0.25) is 14.5 Å². The molecule has 1 aliphatic rings. The zero-order valence-corrected chi connectivity index (χ0v) is 19.3. The summed E-state index contributed by atoms with van der Waals surface area (Å²) in [6.45, 7) is 3.93. The van der Waals surface area contributed by atoms with E-state index in [0.29, 0.717) is 10.5 Å². The molecule has 0 aliphatic carbocycles. The standard InChI is InChI=1S/C24H20ClFN2O3S/c1-14-9-17(15(2)28(14)19-5-4-6-20(12-19)31-3)10-22-23(29)27(24(30)32-22)13-16-7-8-18(26)11-21(16)25/h4-12H,13H2,1-3H3/b22-10-. The van der Waals surface area contributed by atoms with E-state index < -0.39 is 11.7 Å². The molecule has 0 bridgehead atoms. The molecule has 8 heteroatoms. The first-order valence-corrected chi connectivity index (χ1v) is 11.0. The van der Waals surface area contributed by atoms with Crippen molar-refractivity contribution < 1.29 is 18.7 Å². The lowest BCUT2D eigenvalue weighted by Gasteiger charge is -2.13. The van der Waals surface area contributed by atoms with Gasteiger partial charge in [0.25, 0.3) is 11.1 Å². The molecule has 3 aromatic rings. The highest BCUT2D eigenvalue weighted by molar-refractivity contribution is 8.18. The van der Waals surface area contributed by atoms with Gasteiger partial charge in [0.2, 0.25) is 0 Å². The number of carbonyl (C=O) groups excluding carboxylic acids is 2. The monoisotopic (exact) mass is 470 g/mol. The third kappa shape index (κ3) is 4.18. The number of methoxy groups -OCH3 is 1. The van der Waals surface area contributed by atoms with Crippen molar-refractivity contribution in [3.63, 3.8) is 0 Å². The Labute approximate surface area is 194 Å². The zero-order chi connectivity index (χ0) is 23.0. The van der Waals surface area contributed by atoms with Crippen LogP contribution in [0.4, 0.5) is 9.18 Å². The molecule has 1 fully saturated rings. The molecule has 5 nitrogen and oxygen atoms in total. The van der Waals surface area contributed by atoms with Crippen molar-refractivity contribution in [1.82, 2.24) is 9.47 Å².